The Morgan fingerprint density at radius 1 is 0.305 bits per heavy atom. The van der Waals surface area contributed by atoms with Crippen molar-refractivity contribution in [1.82, 2.24) is 0 Å². The number of benzene rings is 6. The first-order chi connectivity index (χ1) is 39.6. The number of hydrogen-bond acceptors (Lipinski definition) is 18. The van der Waals surface area contributed by atoms with Gasteiger partial charge in [0.25, 0.3) is 0 Å². The number of unbranched alkanes of at least 4 members (excludes halogenated alkanes) is 2. The van der Waals surface area contributed by atoms with E-state index in [0.29, 0.717) is 45.6 Å². The van der Waals surface area contributed by atoms with Gasteiger partial charge >= 0.3 is 47.8 Å². The fourth-order valence-electron chi connectivity index (χ4n) is 6.35. The van der Waals surface area contributed by atoms with Gasteiger partial charge in [0.1, 0.15) is 46.0 Å². The van der Waals surface area contributed by atoms with Crippen molar-refractivity contribution in [3.8, 4) is 81.5 Å². The molecule has 18 heteroatoms. The zero-order chi connectivity index (χ0) is 59.5. The average molecular weight is 1120 g/mol. The lowest BCUT2D eigenvalue weighted by Gasteiger charge is -2.03. The molecule has 0 radical (unpaired) electrons. The summed E-state index contributed by atoms with van der Waals surface area (Å²) in [6, 6.07) is 38.6. The molecule has 422 valence electrons. The fourth-order valence-corrected chi connectivity index (χ4v) is 6.35. The van der Waals surface area contributed by atoms with Gasteiger partial charge in [-0.1, -0.05) is 51.0 Å². The van der Waals surface area contributed by atoms with Gasteiger partial charge in [0.15, 0.2) is 0 Å². The fraction of sp³-hybridized carbons (Fsp3) is 0.219. The summed E-state index contributed by atoms with van der Waals surface area (Å²) in [5.41, 5.74) is 3.00. The molecule has 6 aromatic rings. The topological polar surface area (TPSA) is 229 Å². The Kier molecular flexibility index (Phi) is 27.8. The van der Waals surface area contributed by atoms with Gasteiger partial charge < -0.3 is 47.4 Å². The van der Waals surface area contributed by atoms with E-state index in [1.165, 1.54) is 73.9 Å². The first-order valence-electron chi connectivity index (χ1n) is 25.5. The van der Waals surface area contributed by atoms with E-state index in [4.69, 9.17) is 47.4 Å². The molecule has 6 aromatic carbocycles. The first-order valence-corrected chi connectivity index (χ1v) is 25.5. The molecule has 0 atom stereocenters. The molecule has 0 fully saturated rings. The Morgan fingerprint density at radius 2 is 0.512 bits per heavy atom. The summed E-state index contributed by atoms with van der Waals surface area (Å²) in [6.45, 7) is 8.16. The summed E-state index contributed by atoms with van der Waals surface area (Å²) < 4.78 is 49.7. The molecular weight excluding hydrogens is 1060 g/mol. The highest BCUT2D eigenvalue weighted by molar-refractivity contribution is 6.01. The monoisotopic (exact) mass is 1110 g/mol. The summed E-state index contributed by atoms with van der Waals surface area (Å²) in [5.74, 6) is 9.08. The summed E-state index contributed by atoms with van der Waals surface area (Å²) >= 11 is 0. The van der Waals surface area contributed by atoms with Gasteiger partial charge in [0.05, 0.1) is 38.6 Å². The Balaban J connectivity index is 0.000000266. The van der Waals surface area contributed by atoms with Gasteiger partial charge in [-0.25, -0.2) is 38.4 Å². The van der Waals surface area contributed by atoms with Crippen LogP contribution in [0.5, 0.6) is 46.0 Å². The van der Waals surface area contributed by atoms with Crippen molar-refractivity contribution in [1.29, 1.82) is 0 Å². The predicted molar refractivity (Wildman–Crippen MR) is 298 cm³/mol. The van der Waals surface area contributed by atoms with Crippen molar-refractivity contribution < 1.29 is 85.7 Å². The summed E-state index contributed by atoms with van der Waals surface area (Å²) in [6.07, 6.45) is 6.49. The third kappa shape index (κ3) is 24.8. The molecule has 0 aliphatic carbocycles. The molecule has 0 spiro atoms. The lowest BCUT2D eigenvalue weighted by Crippen LogP contribution is -2.09. The zero-order valence-electron chi connectivity index (χ0n) is 45.9. The van der Waals surface area contributed by atoms with Gasteiger partial charge in [-0.3, -0.25) is 0 Å². The maximum atomic E-state index is 11.8. The minimum Gasteiger partial charge on any atom is -0.497 e. The molecule has 82 heavy (non-hydrogen) atoms. The van der Waals surface area contributed by atoms with Gasteiger partial charge in [0.2, 0.25) is 0 Å². The molecular formula is C64H58O18. The average Bonchev–Trinajstić information content (AvgIpc) is 3.49. The van der Waals surface area contributed by atoms with Crippen molar-refractivity contribution in [2.24, 2.45) is 0 Å². The van der Waals surface area contributed by atoms with Crippen LogP contribution in [-0.2, 0) is 51.1 Å². The van der Waals surface area contributed by atoms with Crippen LogP contribution in [0.3, 0.4) is 0 Å². The molecule has 0 heterocycles. The Labute approximate surface area is 474 Å². The van der Waals surface area contributed by atoms with E-state index in [1.807, 2.05) is 36.1 Å². The van der Waals surface area contributed by atoms with E-state index < -0.39 is 47.8 Å². The molecule has 0 aliphatic heterocycles. The number of aryl methyl sites for hydroxylation is 2. The first kappa shape index (κ1) is 63.9. The van der Waals surface area contributed by atoms with Crippen molar-refractivity contribution in [3.05, 3.63) is 168 Å². The molecule has 0 saturated heterocycles. The SMILES string of the molecule is CCCCc1ccc(OC(=O)C#CC(=O)Oc2ccc(CCCC)cc2)cc1.CCOC(=O)c1ccc(OC(=O)C#CC(=O)Oc2ccc(C(=O)OCC)cc2)cc1.COc1ccc(OC(=O)C#CC(=O)Oc2ccc(OC)cc2)cc1. The Bertz CT molecular complexity index is 3060. The van der Waals surface area contributed by atoms with Crippen LogP contribution < -0.4 is 37.9 Å². The lowest BCUT2D eigenvalue weighted by molar-refractivity contribution is -0.130. The van der Waals surface area contributed by atoms with Crippen molar-refractivity contribution in [3.63, 3.8) is 0 Å². The molecule has 0 unspecified atom stereocenters. The van der Waals surface area contributed by atoms with E-state index in [-0.39, 0.29) is 24.7 Å². The highest BCUT2D eigenvalue weighted by Crippen LogP contribution is 2.20. The van der Waals surface area contributed by atoms with Crippen LogP contribution in [0.4, 0.5) is 0 Å². The molecule has 18 nitrogen and oxygen atoms in total. The maximum Gasteiger partial charge on any atom is 0.390 e. The Morgan fingerprint density at radius 3 is 0.720 bits per heavy atom. The minimum atomic E-state index is -0.978. The standard InChI is InChI=1S/C24H26O4.C22H18O8.C18H14O6/c1-3-5-7-19-9-13-21(14-10-19)27-23(25)17-18-24(26)28-22-15-11-20(12-16-22)8-6-4-2;1-3-27-21(25)15-5-9-17(10-6-15)29-19(23)13-14-20(24)30-18-11-7-16(8-12-18)22(26)28-4-2;1-21-13-3-7-15(8-4-13)23-17(19)11-12-18(20)24-16-9-5-14(22-2)6-10-16/h9-16H,3-8H2,1-2H3;5-12H,3-4H2,1-2H3;3-10H,1-2H3. The Hall–Kier alpha value is -10.6. The van der Waals surface area contributed by atoms with Crippen LogP contribution in [-0.4, -0.2) is 75.2 Å². The molecule has 0 aromatic heterocycles. The number of methoxy groups -OCH3 is 2. The van der Waals surface area contributed by atoms with Crippen molar-refractivity contribution in [2.75, 3.05) is 27.4 Å². The molecule has 0 bridgehead atoms. The number of ether oxygens (including phenoxy) is 10. The van der Waals surface area contributed by atoms with E-state index in [2.05, 4.69) is 37.5 Å². The van der Waals surface area contributed by atoms with Gasteiger partial charge in [-0.05, 0) is 172 Å². The van der Waals surface area contributed by atoms with Crippen molar-refractivity contribution >= 4 is 47.8 Å². The second kappa shape index (κ2) is 35.7. The number of hydrogen-bond donors (Lipinski definition) is 0. The van der Waals surface area contributed by atoms with E-state index in [1.54, 1.807) is 86.6 Å². The minimum absolute atomic E-state index is 0.144. The number of carbonyl (C=O) groups is 8. The highest BCUT2D eigenvalue weighted by Gasteiger charge is 2.11. The van der Waals surface area contributed by atoms with Gasteiger partial charge in [-0.15, -0.1) is 0 Å². The molecule has 0 N–H and O–H groups in total. The van der Waals surface area contributed by atoms with E-state index >= 15 is 0 Å². The van der Waals surface area contributed by atoms with Crippen LogP contribution >= 0.6 is 0 Å². The predicted octanol–water partition coefficient (Wildman–Crippen LogP) is 9.66. The third-order valence-electron chi connectivity index (χ3n) is 10.4. The highest BCUT2D eigenvalue weighted by atomic mass is 16.6. The normalized spacial score (nSPS) is 9.59. The van der Waals surface area contributed by atoms with Crippen LogP contribution in [0, 0.1) is 35.5 Å². The van der Waals surface area contributed by atoms with Crippen LogP contribution in [0.15, 0.2) is 146 Å². The molecule has 0 aliphatic rings. The second-order valence-corrected chi connectivity index (χ2v) is 16.4. The zero-order valence-corrected chi connectivity index (χ0v) is 45.9. The van der Waals surface area contributed by atoms with E-state index in [9.17, 15) is 38.4 Å². The van der Waals surface area contributed by atoms with Gasteiger partial charge in [0, 0.05) is 35.5 Å². The lowest BCUT2D eigenvalue weighted by atomic mass is 10.1. The number of esters is 8. The summed E-state index contributed by atoms with van der Waals surface area (Å²) in [4.78, 5) is 93.2. The summed E-state index contributed by atoms with van der Waals surface area (Å²) in [7, 11) is 3.06. The number of rotatable bonds is 18. The molecule has 0 saturated carbocycles. The van der Waals surface area contributed by atoms with Crippen LogP contribution in [0.2, 0.25) is 0 Å². The van der Waals surface area contributed by atoms with Crippen molar-refractivity contribution in [2.45, 2.75) is 66.2 Å². The third-order valence-corrected chi connectivity index (χ3v) is 10.4. The quantitative estimate of drug-likeness (QED) is 0.0337. The van der Waals surface area contributed by atoms with Gasteiger partial charge in [-0.2, -0.15) is 0 Å². The van der Waals surface area contributed by atoms with Crippen LogP contribution in [0.25, 0.3) is 0 Å². The smallest absolute Gasteiger partial charge is 0.390 e. The number of carbonyl (C=O) groups excluding carboxylic acids is 8. The maximum absolute atomic E-state index is 11.8. The van der Waals surface area contributed by atoms with E-state index in [0.717, 1.165) is 38.5 Å². The molecule has 0 amide bonds. The van der Waals surface area contributed by atoms with Crippen LogP contribution in [0.1, 0.15) is 85.2 Å². The second-order valence-electron chi connectivity index (χ2n) is 16.4. The molecule has 6 rings (SSSR count). The summed E-state index contributed by atoms with van der Waals surface area (Å²) in [5, 5.41) is 0. The largest absolute Gasteiger partial charge is 0.497 e.